The van der Waals surface area contributed by atoms with Crippen molar-refractivity contribution >= 4 is 44.7 Å². The van der Waals surface area contributed by atoms with Crippen LogP contribution in [-0.2, 0) is 21.2 Å². The molecule has 0 heterocycles. The van der Waals surface area contributed by atoms with Crippen LogP contribution in [0.5, 0.6) is 11.5 Å². The zero-order valence-electron chi connectivity index (χ0n) is 17.8. The second-order valence-corrected chi connectivity index (χ2v) is 9.22. The highest BCUT2D eigenvalue weighted by atomic mass is 35.5. The number of amides is 1. The number of sulfonamides is 1. The van der Waals surface area contributed by atoms with Gasteiger partial charge in [-0.1, -0.05) is 17.7 Å². The number of phenols is 1. The highest BCUT2D eigenvalue weighted by molar-refractivity contribution is 7.92. The number of halogens is 1. The molecular weight excluding hydrogens is 468 g/mol. The van der Waals surface area contributed by atoms with E-state index in [9.17, 15) is 23.1 Å². The molecule has 3 aromatic carbocycles. The minimum absolute atomic E-state index is 0.0874. The van der Waals surface area contributed by atoms with Crippen LogP contribution in [0.3, 0.4) is 0 Å². The fourth-order valence-corrected chi connectivity index (χ4v) is 4.32. The minimum atomic E-state index is -4.02. The zero-order chi connectivity index (χ0) is 24.2. The molecule has 0 saturated carbocycles. The van der Waals surface area contributed by atoms with Crippen molar-refractivity contribution in [1.82, 2.24) is 0 Å². The van der Waals surface area contributed by atoms with Crippen molar-refractivity contribution in [3.8, 4) is 11.5 Å². The Balaban J connectivity index is 1.82. The molecule has 8 nitrogen and oxygen atoms in total. The van der Waals surface area contributed by atoms with Gasteiger partial charge in [-0.05, 0) is 61.5 Å². The van der Waals surface area contributed by atoms with Gasteiger partial charge in [0.05, 0.1) is 29.8 Å². The maximum atomic E-state index is 12.7. The number of aromatic hydroxyl groups is 1. The normalized spacial score (nSPS) is 11.0. The molecule has 0 fully saturated rings. The number of ether oxygens (including phenoxy) is 1. The Labute approximate surface area is 196 Å². The van der Waals surface area contributed by atoms with Gasteiger partial charge in [-0.2, -0.15) is 0 Å². The number of hydrogen-bond donors (Lipinski definition) is 3. The third kappa shape index (κ3) is 6.03. The molecule has 0 radical (unpaired) electrons. The largest absolute Gasteiger partial charge is 0.506 e. The molecule has 3 aromatic rings. The third-order valence-corrected chi connectivity index (χ3v) is 6.28. The van der Waals surface area contributed by atoms with E-state index in [1.165, 1.54) is 38.3 Å². The molecule has 0 unspecified atom stereocenters. The van der Waals surface area contributed by atoms with E-state index < -0.39 is 15.9 Å². The summed E-state index contributed by atoms with van der Waals surface area (Å²) in [4.78, 5) is 24.1. The molecular formula is C23H21ClN2O6S. The lowest BCUT2D eigenvalue weighted by atomic mass is 10.0. The molecule has 0 aliphatic rings. The van der Waals surface area contributed by atoms with Gasteiger partial charge in [-0.15, -0.1) is 0 Å². The predicted molar refractivity (Wildman–Crippen MR) is 126 cm³/mol. The molecule has 0 aromatic heterocycles. The second-order valence-electron chi connectivity index (χ2n) is 7.10. The number of rotatable bonds is 8. The Morgan fingerprint density at radius 3 is 2.48 bits per heavy atom. The van der Waals surface area contributed by atoms with Gasteiger partial charge < -0.3 is 15.2 Å². The van der Waals surface area contributed by atoms with Crippen molar-refractivity contribution < 1.29 is 27.9 Å². The molecule has 33 heavy (non-hydrogen) atoms. The number of carbonyl (C=O) groups excluding carboxylic acids is 2. The standard InChI is InChI=1S/C23H21ClN2O6S/c1-14(27)15-6-9-22(32-2)16(10-15)11-23(29)25-20-13-19(7-8-21(20)28)33(30,31)26-18-5-3-4-17(24)12-18/h3-10,12-13,26,28H,11H2,1-2H3,(H,25,29). The molecule has 0 spiro atoms. The van der Waals surface area contributed by atoms with Gasteiger partial charge >= 0.3 is 0 Å². The van der Waals surface area contributed by atoms with Crippen LogP contribution in [0.1, 0.15) is 22.8 Å². The topological polar surface area (TPSA) is 122 Å². The lowest BCUT2D eigenvalue weighted by Gasteiger charge is -2.13. The predicted octanol–water partition coefficient (Wildman–Crippen LogP) is 4.24. The lowest BCUT2D eigenvalue weighted by Crippen LogP contribution is -2.17. The van der Waals surface area contributed by atoms with E-state index in [1.807, 2.05) is 0 Å². The minimum Gasteiger partial charge on any atom is -0.506 e. The number of phenolic OH excluding ortho intramolecular Hbond substituents is 1. The van der Waals surface area contributed by atoms with Crippen molar-refractivity contribution in [2.24, 2.45) is 0 Å². The van der Waals surface area contributed by atoms with Crippen LogP contribution in [-0.4, -0.2) is 32.3 Å². The van der Waals surface area contributed by atoms with Gasteiger partial charge in [-0.3, -0.25) is 14.3 Å². The summed E-state index contributed by atoms with van der Waals surface area (Å²) in [5.41, 5.74) is 1.06. The molecule has 1 amide bonds. The van der Waals surface area contributed by atoms with E-state index in [1.54, 1.807) is 30.3 Å². The fourth-order valence-electron chi connectivity index (χ4n) is 3.05. The molecule has 10 heteroatoms. The van der Waals surface area contributed by atoms with Crippen molar-refractivity contribution in [2.45, 2.75) is 18.2 Å². The smallest absolute Gasteiger partial charge is 0.261 e. The van der Waals surface area contributed by atoms with Crippen LogP contribution < -0.4 is 14.8 Å². The molecule has 3 rings (SSSR count). The van der Waals surface area contributed by atoms with Crippen LogP contribution >= 0.6 is 11.6 Å². The van der Waals surface area contributed by atoms with Crippen molar-refractivity contribution in [3.63, 3.8) is 0 Å². The van der Waals surface area contributed by atoms with Gasteiger partial charge in [-0.25, -0.2) is 8.42 Å². The van der Waals surface area contributed by atoms with E-state index in [0.29, 0.717) is 21.9 Å². The number of ketones is 1. The molecule has 0 saturated heterocycles. The van der Waals surface area contributed by atoms with E-state index >= 15 is 0 Å². The Kier molecular flexibility index (Phi) is 7.25. The van der Waals surface area contributed by atoms with Crippen molar-refractivity contribution in [3.05, 3.63) is 76.8 Å². The van der Waals surface area contributed by atoms with E-state index in [4.69, 9.17) is 16.3 Å². The van der Waals surface area contributed by atoms with Crippen LogP contribution in [0, 0.1) is 0 Å². The number of methoxy groups -OCH3 is 1. The molecule has 0 atom stereocenters. The highest BCUT2D eigenvalue weighted by Crippen LogP contribution is 2.29. The van der Waals surface area contributed by atoms with Crippen molar-refractivity contribution in [2.75, 3.05) is 17.1 Å². The number of benzene rings is 3. The monoisotopic (exact) mass is 488 g/mol. The lowest BCUT2D eigenvalue weighted by molar-refractivity contribution is -0.115. The summed E-state index contributed by atoms with van der Waals surface area (Å²) in [5, 5.41) is 13.0. The summed E-state index contributed by atoms with van der Waals surface area (Å²) < 4.78 is 33.1. The average molecular weight is 489 g/mol. The quantitative estimate of drug-likeness (QED) is 0.322. The summed E-state index contributed by atoms with van der Waals surface area (Å²) in [7, 11) is -2.58. The Morgan fingerprint density at radius 2 is 1.82 bits per heavy atom. The number of nitrogens with one attached hydrogen (secondary N) is 2. The summed E-state index contributed by atoms with van der Waals surface area (Å²) in [6.07, 6.45) is -0.165. The van der Waals surface area contributed by atoms with Gasteiger partial charge in [0.15, 0.2) is 5.78 Å². The molecule has 0 bridgehead atoms. The molecule has 3 N–H and O–H groups in total. The van der Waals surface area contributed by atoms with E-state index in [0.717, 1.165) is 6.07 Å². The van der Waals surface area contributed by atoms with Crippen molar-refractivity contribution in [1.29, 1.82) is 0 Å². The van der Waals surface area contributed by atoms with Gasteiger partial charge in [0.1, 0.15) is 11.5 Å². The highest BCUT2D eigenvalue weighted by Gasteiger charge is 2.18. The van der Waals surface area contributed by atoms with Gasteiger partial charge in [0.2, 0.25) is 5.91 Å². The summed E-state index contributed by atoms with van der Waals surface area (Å²) in [6, 6.07) is 14.4. The number of carbonyl (C=O) groups is 2. The summed E-state index contributed by atoms with van der Waals surface area (Å²) in [5.74, 6) is -0.598. The summed E-state index contributed by atoms with van der Waals surface area (Å²) in [6.45, 7) is 1.41. The Bertz CT molecular complexity index is 1320. The molecule has 172 valence electrons. The van der Waals surface area contributed by atoms with Crippen LogP contribution in [0.4, 0.5) is 11.4 Å². The summed E-state index contributed by atoms with van der Waals surface area (Å²) >= 11 is 5.90. The SMILES string of the molecule is COc1ccc(C(C)=O)cc1CC(=O)Nc1cc(S(=O)(=O)Nc2cccc(Cl)c2)ccc1O. The third-order valence-electron chi connectivity index (χ3n) is 4.67. The van der Waals surface area contributed by atoms with Gasteiger partial charge in [0.25, 0.3) is 10.0 Å². The second kappa shape index (κ2) is 9.93. The molecule has 0 aliphatic heterocycles. The zero-order valence-corrected chi connectivity index (χ0v) is 19.3. The maximum absolute atomic E-state index is 12.7. The first-order valence-electron chi connectivity index (χ1n) is 9.68. The Morgan fingerprint density at radius 1 is 1.06 bits per heavy atom. The average Bonchev–Trinajstić information content (AvgIpc) is 2.74. The number of hydrogen-bond acceptors (Lipinski definition) is 6. The van der Waals surface area contributed by atoms with Crippen LogP contribution in [0.25, 0.3) is 0 Å². The Hall–Kier alpha value is -3.56. The van der Waals surface area contributed by atoms with Gasteiger partial charge in [0, 0.05) is 16.1 Å². The first-order valence-corrected chi connectivity index (χ1v) is 11.5. The first-order chi connectivity index (χ1) is 15.6. The first kappa shape index (κ1) is 24.1. The number of anilines is 2. The maximum Gasteiger partial charge on any atom is 0.261 e. The fraction of sp³-hybridized carbons (Fsp3) is 0.130. The van der Waals surface area contributed by atoms with E-state index in [2.05, 4.69) is 10.0 Å². The molecule has 0 aliphatic carbocycles. The number of Topliss-reactive ketones (excluding diaryl/α,β-unsaturated/α-hetero) is 1. The van der Waals surface area contributed by atoms with E-state index in [-0.39, 0.29) is 34.2 Å². The van der Waals surface area contributed by atoms with Crippen LogP contribution in [0.2, 0.25) is 5.02 Å². The van der Waals surface area contributed by atoms with Crippen LogP contribution in [0.15, 0.2) is 65.6 Å².